The van der Waals surface area contributed by atoms with E-state index in [4.69, 9.17) is 9.47 Å². The van der Waals surface area contributed by atoms with E-state index in [9.17, 15) is 9.18 Å². The maximum Gasteiger partial charge on any atom is 0.194 e. The number of methoxy groups -OCH3 is 1. The Kier molecular flexibility index (Phi) is 3.24. The summed E-state index contributed by atoms with van der Waals surface area (Å²) in [6.07, 6.45) is -0.702. The Labute approximate surface area is 115 Å². The van der Waals surface area contributed by atoms with E-state index < -0.39 is 6.10 Å². The minimum Gasteiger partial charge on any atom is -0.497 e. The standard InChI is InChI=1S/C16H13FO3/c1-19-13-8-4-11(5-9-13)15-16(20-15)14(18)10-2-6-12(17)7-3-10/h2-9,15-16H,1H3. The molecule has 1 heterocycles. The molecular weight excluding hydrogens is 259 g/mol. The highest BCUT2D eigenvalue weighted by atomic mass is 19.1. The van der Waals surface area contributed by atoms with Crippen LogP contribution >= 0.6 is 0 Å². The molecule has 3 nitrogen and oxygen atoms in total. The Hall–Kier alpha value is -2.20. The molecule has 0 N–H and O–H groups in total. The molecule has 1 aliphatic heterocycles. The molecule has 0 radical (unpaired) electrons. The van der Waals surface area contributed by atoms with Crippen molar-refractivity contribution >= 4 is 5.78 Å². The first-order valence-corrected chi connectivity index (χ1v) is 6.28. The van der Waals surface area contributed by atoms with Crippen molar-refractivity contribution in [2.24, 2.45) is 0 Å². The zero-order chi connectivity index (χ0) is 14.1. The normalized spacial score (nSPS) is 20.5. The van der Waals surface area contributed by atoms with E-state index >= 15 is 0 Å². The molecule has 20 heavy (non-hydrogen) atoms. The Bertz CT molecular complexity index is 619. The number of ether oxygens (including phenoxy) is 2. The highest BCUT2D eigenvalue weighted by molar-refractivity contribution is 6.01. The van der Waals surface area contributed by atoms with Crippen molar-refractivity contribution in [1.82, 2.24) is 0 Å². The summed E-state index contributed by atoms with van der Waals surface area (Å²) in [5.41, 5.74) is 1.40. The summed E-state index contributed by atoms with van der Waals surface area (Å²) in [6, 6.07) is 12.9. The van der Waals surface area contributed by atoms with Crippen LogP contribution in [0, 0.1) is 5.82 Å². The first kappa shape index (κ1) is 12.8. The number of carbonyl (C=O) groups is 1. The van der Waals surface area contributed by atoms with Crippen LogP contribution in [0.1, 0.15) is 22.0 Å². The van der Waals surface area contributed by atoms with Gasteiger partial charge in [0, 0.05) is 5.56 Å². The van der Waals surface area contributed by atoms with Gasteiger partial charge in [-0.25, -0.2) is 4.39 Å². The van der Waals surface area contributed by atoms with Gasteiger partial charge in [0.05, 0.1) is 7.11 Å². The highest BCUT2D eigenvalue weighted by Gasteiger charge is 2.46. The minimum absolute atomic E-state index is 0.120. The zero-order valence-corrected chi connectivity index (χ0v) is 10.9. The van der Waals surface area contributed by atoms with Gasteiger partial charge in [-0.05, 0) is 42.0 Å². The van der Waals surface area contributed by atoms with Crippen molar-refractivity contribution in [2.45, 2.75) is 12.2 Å². The van der Waals surface area contributed by atoms with Gasteiger partial charge < -0.3 is 9.47 Å². The fourth-order valence-electron chi connectivity index (χ4n) is 2.14. The molecule has 2 aromatic rings. The fourth-order valence-corrected chi connectivity index (χ4v) is 2.14. The summed E-state index contributed by atoms with van der Waals surface area (Å²) in [5, 5.41) is 0. The monoisotopic (exact) mass is 272 g/mol. The largest absolute Gasteiger partial charge is 0.497 e. The molecule has 0 bridgehead atoms. The molecule has 2 unspecified atom stereocenters. The number of halogens is 1. The summed E-state index contributed by atoms with van der Waals surface area (Å²) >= 11 is 0. The van der Waals surface area contributed by atoms with E-state index in [1.165, 1.54) is 24.3 Å². The van der Waals surface area contributed by atoms with E-state index in [0.717, 1.165) is 11.3 Å². The Morgan fingerprint density at radius 3 is 2.35 bits per heavy atom. The third kappa shape index (κ3) is 2.42. The molecule has 3 rings (SSSR count). The number of ketones is 1. The molecule has 0 aromatic heterocycles. The quantitative estimate of drug-likeness (QED) is 0.634. The lowest BCUT2D eigenvalue weighted by Gasteiger charge is -2.00. The van der Waals surface area contributed by atoms with Crippen molar-refractivity contribution in [2.75, 3.05) is 7.11 Å². The summed E-state index contributed by atoms with van der Waals surface area (Å²) in [5.74, 6) is 0.284. The molecule has 102 valence electrons. The average Bonchev–Trinajstić information content (AvgIpc) is 3.28. The number of Topliss-reactive ketones (excluding diaryl/α,β-unsaturated/α-hetero) is 1. The second-order valence-corrected chi connectivity index (χ2v) is 4.62. The Morgan fingerprint density at radius 1 is 1.10 bits per heavy atom. The molecule has 1 fully saturated rings. The van der Waals surface area contributed by atoms with Crippen LogP contribution in [0.5, 0.6) is 5.75 Å². The number of carbonyl (C=O) groups excluding carboxylic acids is 1. The van der Waals surface area contributed by atoms with Gasteiger partial charge in [0.15, 0.2) is 11.9 Å². The third-order valence-electron chi connectivity index (χ3n) is 3.32. The van der Waals surface area contributed by atoms with E-state index in [1.807, 2.05) is 24.3 Å². The predicted octanol–water partition coefficient (Wildman–Crippen LogP) is 3.16. The lowest BCUT2D eigenvalue weighted by Crippen LogP contribution is -2.08. The van der Waals surface area contributed by atoms with Crippen LogP contribution in [0.15, 0.2) is 48.5 Å². The summed E-state index contributed by atoms with van der Waals surface area (Å²) in [7, 11) is 1.60. The maximum absolute atomic E-state index is 12.8. The molecular formula is C16H13FO3. The molecule has 4 heteroatoms. The van der Waals surface area contributed by atoms with Gasteiger partial charge >= 0.3 is 0 Å². The second kappa shape index (κ2) is 5.06. The van der Waals surface area contributed by atoms with Crippen molar-refractivity contribution in [1.29, 1.82) is 0 Å². The van der Waals surface area contributed by atoms with Crippen LogP contribution in [-0.2, 0) is 4.74 Å². The summed E-state index contributed by atoms with van der Waals surface area (Å²) in [4.78, 5) is 12.2. The molecule has 0 saturated carbocycles. The van der Waals surface area contributed by atoms with E-state index in [1.54, 1.807) is 7.11 Å². The van der Waals surface area contributed by atoms with E-state index in [-0.39, 0.29) is 17.7 Å². The van der Waals surface area contributed by atoms with Crippen molar-refractivity contribution < 1.29 is 18.7 Å². The van der Waals surface area contributed by atoms with Crippen LogP contribution in [0.2, 0.25) is 0 Å². The van der Waals surface area contributed by atoms with E-state index in [0.29, 0.717) is 5.56 Å². The number of benzene rings is 2. The van der Waals surface area contributed by atoms with Crippen LogP contribution in [0.25, 0.3) is 0 Å². The van der Waals surface area contributed by atoms with Gasteiger partial charge in [-0.15, -0.1) is 0 Å². The minimum atomic E-state index is -0.478. The molecule has 2 aromatic carbocycles. The molecule has 1 aliphatic rings. The Morgan fingerprint density at radius 2 is 1.75 bits per heavy atom. The first-order valence-electron chi connectivity index (χ1n) is 6.28. The number of hydrogen-bond donors (Lipinski definition) is 0. The first-order chi connectivity index (χ1) is 9.69. The molecule has 0 aliphatic carbocycles. The van der Waals surface area contributed by atoms with Gasteiger partial charge in [-0.2, -0.15) is 0 Å². The van der Waals surface area contributed by atoms with Gasteiger partial charge in [-0.1, -0.05) is 12.1 Å². The van der Waals surface area contributed by atoms with Gasteiger partial charge in [0.2, 0.25) is 0 Å². The lowest BCUT2D eigenvalue weighted by molar-refractivity contribution is 0.0953. The summed E-state index contributed by atoms with van der Waals surface area (Å²) in [6.45, 7) is 0. The average molecular weight is 272 g/mol. The van der Waals surface area contributed by atoms with Crippen LogP contribution in [0.4, 0.5) is 4.39 Å². The van der Waals surface area contributed by atoms with Crippen molar-refractivity contribution in [3.05, 3.63) is 65.5 Å². The SMILES string of the molecule is COc1ccc(C2OC2C(=O)c2ccc(F)cc2)cc1. The molecule has 0 spiro atoms. The van der Waals surface area contributed by atoms with E-state index in [2.05, 4.69) is 0 Å². The molecule has 1 saturated heterocycles. The van der Waals surface area contributed by atoms with Crippen molar-refractivity contribution in [3.8, 4) is 5.75 Å². The topological polar surface area (TPSA) is 38.8 Å². The number of hydrogen-bond acceptors (Lipinski definition) is 3. The smallest absolute Gasteiger partial charge is 0.194 e. The fraction of sp³-hybridized carbons (Fsp3) is 0.188. The maximum atomic E-state index is 12.8. The van der Waals surface area contributed by atoms with Gasteiger partial charge in [0.1, 0.15) is 17.7 Å². The second-order valence-electron chi connectivity index (χ2n) is 4.62. The van der Waals surface area contributed by atoms with Crippen LogP contribution in [-0.4, -0.2) is 19.0 Å². The highest BCUT2D eigenvalue weighted by Crippen LogP contribution is 2.41. The van der Waals surface area contributed by atoms with Gasteiger partial charge in [-0.3, -0.25) is 4.79 Å². The van der Waals surface area contributed by atoms with Crippen LogP contribution in [0.3, 0.4) is 0 Å². The summed E-state index contributed by atoms with van der Waals surface area (Å²) < 4.78 is 23.3. The van der Waals surface area contributed by atoms with Gasteiger partial charge in [0.25, 0.3) is 0 Å². The molecule has 0 amide bonds. The van der Waals surface area contributed by atoms with Crippen LogP contribution < -0.4 is 4.74 Å². The zero-order valence-electron chi connectivity index (χ0n) is 10.9. The predicted molar refractivity (Wildman–Crippen MR) is 71.3 cm³/mol. The Balaban J connectivity index is 1.71. The van der Waals surface area contributed by atoms with Crippen molar-refractivity contribution in [3.63, 3.8) is 0 Å². The number of rotatable bonds is 4. The molecule has 2 atom stereocenters. The lowest BCUT2D eigenvalue weighted by atomic mass is 10.0. The third-order valence-corrected chi connectivity index (χ3v) is 3.32. The number of epoxide rings is 1.